The summed E-state index contributed by atoms with van der Waals surface area (Å²) in [4.78, 5) is 37.1. The summed E-state index contributed by atoms with van der Waals surface area (Å²) in [6, 6.07) is 15.1. The van der Waals surface area contributed by atoms with E-state index in [9.17, 15) is 19.5 Å². The predicted molar refractivity (Wildman–Crippen MR) is 131 cm³/mol. The van der Waals surface area contributed by atoms with Gasteiger partial charge in [0.25, 0.3) is 0 Å². The van der Waals surface area contributed by atoms with Crippen LogP contribution in [0.15, 0.2) is 48.5 Å². The van der Waals surface area contributed by atoms with Crippen molar-refractivity contribution in [2.24, 2.45) is 11.8 Å². The molecule has 3 aliphatic carbocycles. The number of carboxylic acid groups (broad SMARTS) is 1. The lowest BCUT2D eigenvalue weighted by molar-refractivity contribution is -0.144. The van der Waals surface area contributed by atoms with E-state index in [1.165, 1.54) is 11.1 Å². The van der Waals surface area contributed by atoms with Gasteiger partial charge in [0.05, 0.1) is 0 Å². The maximum Gasteiger partial charge on any atom is 0.407 e. The minimum Gasteiger partial charge on any atom is -0.480 e. The molecule has 2 fully saturated rings. The molecule has 2 amide bonds. The van der Waals surface area contributed by atoms with Gasteiger partial charge in [-0.25, -0.2) is 9.59 Å². The smallest absolute Gasteiger partial charge is 0.407 e. The van der Waals surface area contributed by atoms with Gasteiger partial charge in [-0.2, -0.15) is 0 Å². The van der Waals surface area contributed by atoms with Crippen molar-refractivity contribution in [2.75, 3.05) is 6.61 Å². The molecule has 3 N–H and O–H groups in total. The molecule has 0 aliphatic heterocycles. The van der Waals surface area contributed by atoms with Gasteiger partial charge in [-0.05, 0) is 59.8 Å². The summed E-state index contributed by atoms with van der Waals surface area (Å²) in [7, 11) is 0. The van der Waals surface area contributed by atoms with Gasteiger partial charge in [-0.3, -0.25) is 4.79 Å². The van der Waals surface area contributed by atoms with E-state index in [4.69, 9.17) is 4.74 Å². The Morgan fingerprint density at radius 2 is 1.43 bits per heavy atom. The number of carbonyl (C=O) groups is 3. The molecule has 0 saturated heterocycles. The summed E-state index contributed by atoms with van der Waals surface area (Å²) >= 11 is 0. The Bertz CT molecular complexity index is 1060. The van der Waals surface area contributed by atoms with E-state index in [2.05, 4.69) is 34.9 Å². The third-order valence-electron chi connectivity index (χ3n) is 7.97. The molecule has 2 unspecified atom stereocenters. The van der Waals surface area contributed by atoms with E-state index in [0.717, 1.165) is 49.7 Å². The number of amides is 2. The Balaban J connectivity index is 1.20. The molecule has 2 aromatic rings. The van der Waals surface area contributed by atoms with Crippen LogP contribution in [0.25, 0.3) is 11.1 Å². The zero-order valence-electron chi connectivity index (χ0n) is 19.7. The van der Waals surface area contributed by atoms with Crippen LogP contribution in [0.4, 0.5) is 4.79 Å². The van der Waals surface area contributed by atoms with Crippen molar-refractivity contribution in [3.8, 4) is 11.1 Å². The topological polar surface area (TPSA) is 105 Å². The van der Waals surface area contributed by atoms with Crippen LogP contribution >= 0.6 is 0 Å². The zero-order chi connectivity index (χ0) is 24.4. The molecule has 7 heteroatoms. The van der Waals surface area contributed by atoms with Crippen LogP contribution < -0.4 is 10.6 Å². The molecule has 2 atom stereocenters. The number of carboxylic acids is 1. The number of hydrogen-bond acceptors (Lipinski definition) is 4. The number of rotatable bonds is 9. The lowest BCUT2D eigenvalue weighted by atomic mass is 9.78. The van der Waals surface area contributed by atoms with Gasteiger partial charge in [0.2, 0.25) is 5.91 Å². The van der Waals surface area contributed by atoms with Crippen LogP contribution in [-0.2, 0) is 14.3 Å². The van der Waals surface area contributed by atoms with E-state index in [0.29, 0.717) is 0 Å². The first-order valence-corrected chi connectivity index (χ1v) is 12.6. The predicted octanol–water partition coefficient (Wildman–Crippen LogP) is 4.45. The second-order valence-corrected chi connectivity index (χ2v) is 10.0. The number of nitrogens with one attached hydrogen (secondary N) is 2. The molecule has 35 heavy (non-hydrogen) atoms. The number of aliphatic carboxylic acids is 1. The zero-order valence-corrected chi connectivity index (χ0v) is 19.7. The van der Waals surface area contributed by atoms with E-state index in [1.807, 2.05) is 24.3 Å². The lowest BCUT2D eigenvalue weighted by Gasteiger charge is -2.35. The van der Waals surface area contributed by atoms with Crippen LogP contribution in [0, 0.1) is 11.8 Å². The average molecular weight is 477 g/mol. The number of carbonyl (C=O) groups excluding carboxylic acids is 2. The van der Waals surface area contributed by atoms with E-state index < -0.39 is 18.1 Å². The second kappa shape index (κ2) is 10.1. The van der Waals surface area contributed by atoms with E-state index in [1.54, 1.807) is 0 Å². The number of benzene rings is 2. The highest BCUT2D eigenvalue weighted by Gasteiger charge is 2.36. The maximum atomic E-state index is 12.8. The molecule has 2 aromatic carbocycles. The first-order chi connectivity index (χ1) is 17.0. The third kappa shape index (κ3) is 4.90. The summed E-state index contributed by atoms with van der Waals surface area (Å²) in [5.41, 5.74) is 4.63. The van der Waals surface area contributed by atoms with Crippen molar-refractivity contribution in [1.82, 2.24) is 10.6 Å². The molecule has 0 heterocycles. The SMILES string of the molecule is O=C(CC(NC(=O)OCC1c2ccccc2-c2ccccc21)C1CCC1)NC(C(=O)O)C1CCC1. The van der Waals surface area contributed by atoms with Crippen LogP contribution in [0.3, 0.4) is 0 Å². The molecule has 0 aromatic heterocycles. The van der Waals surface area contributed by atoms with Gasteiger partial charge >= 0.3 is 12.1 Å². The molecule has 0 radical (unpaired) electrons. The molecule has 0 bridgehead atoms. The first-order valence-electron chi connectivity index (χ1n) is 12.6. The Kier molecular flexibility index (Phi) is 6.75. The largest absolute Gasteiger partial charge is 0.480 e. The normalized spacial score (nSPS) is 18.9. The van der Waals surface area contributed by atoms with Crippen molar-refractivity contribution in [3.63, 3.8) is 0 Å². The first kappa shape index (κ1) is 23.4. The number of ether oxygens (including phenoxy) is 1. The molecule has 0 spiro atoms. The highest BCUT2D eigenvalue weighted by atomic mass is 16.5. The summed E-state index contributed by atoms with van der Waals surface area (Å²) in [6.07, 6.45) is 5.10. The molecule has 5 rings (SSSR count). The second-order valence-electron chi connectivity index (χ2n) is 10.0. The Morgan fingerprint density at radius 3 is 1.94 bits per heavy atom. The van der Waals surface area contributed by atoms with Crippen LogP contribution in [0.1, 0.15) is 62.0 Å². The fraction of sp³-hybridized carbons (Fsp3) is 0.464. The fourth-order valence-corrected chi connectivity index (χ4v) is 5.56. The molecular formula is C28H32N2O5. The highest BCUT2D eigenvalue weighted by Crippen LogP contribution is 2.44. The standard InChI is InChI=1S/C28H32N2O5/c31-25(30-26(27(32)33)18-9-6-10-18)15-24(17-7-5-8-17)29-28(34)35-16-23-21-13-3-1-11-19(21)20-12-2-4-14-22(20)23/h1-4,11-14,17-18,23-24,26H,5-10,15-16H2,(H,29,34)(H,30,31)(H,32,33). The van der Waals surface area contributed by atoms with Gasteiger partial charge in [-0.15, -0.1) is 0 Å². The van der Waals surface area contributed by atoms with Gasteiger partial charge in [0, 0.05) is 18.4 Å². The molecule has 3 aliphatic rings. The van der Waals surface area contributed by atoms with E-state index in [-0.39, 0.29) is 42.7 Å². The number of alkyl carbamates (subject to hydrolysis) is 1. The monoisotopic (exact) mass is 476 g/mol. The average Bonchev–Trinajstić information content (AvgIpc) is 3.08. The highest BCUT2D eigenvalue weighted by molar-refractivity contribution is 5.84. The Labute approximate surface area is 205 Å². The van der Waals surface area contributed by atoms with Crippen molar-refractivity contribution in [3.05, 3.63) is 59.7 Å². The van der Waals surface area contributed by atoms with Crippen LogP contribution in [0.2, 0.25) is 0 Å². The number of fused-ring (bicyclic) bond motifs is 3. The lowest BCUT2D eigenvalue weighted by Crippen LogP contribution is -2.51. The third-order valence-corrected chi connectivity index (χ3v) is 7.97. The summed E-state index contributed by atoms with van der Waals surface area (Å²) in [5.74, 6) is -1.16. The van der Waals surface area contributed by atoms with Gasteiger partial charge < -0.3 is 20.5 Å². The van der Waals surface area contributed by atoms with Crippen molar-refractivity contribution in [2.45, 2.75) is 62.9 Å². The minimum atomic E-state index is -0.993. The van der Waals surface area contributed by atoms with Crippen molar-refractivity contribution >= 4 is 18.0 Å². The number of hydrogen-bond donors (Lipinski definition) is 3. The van der Waals surface area contributed by atoms with Gasteiger partial charge in [0.1, 0.15) is 12.6 Å². The Morgan fingerprint density at radius 1 is 0.857 bits per heavy atom. The summed E-state index contributed by atoms with van der Waals surface area (Å²) in [6.45, 7) is 0.214. The van der Waals surface area contributed by atoms with Crippen molar-refractivity contribution in [1.29, 1.82) is 0 Å². The van der Waals surface area contributed by atoms with Crippen LogP contribution in [0.5, 0.6) is 0 Å². The Hall–Kier alpha value is -3.35. The van der Waals surface area contributed by atoms with Crippen LogP contribution in [-0.4, -0.2) is 41.8 Å². The minimum absolute atomic E-state index is 0.00584. The summed E-state index contributed by atoms with van der Waals surface area (Å²) in [5, 5.41) is 15.1. The van der Waals surface area contributed by atoms with E-state index >= 15 is 0 Å². The fourth-order valence-electron chi connectivity index (χ4n) is 5.56. The maximum absolute atomic E-state index is 12.8. The van der Waals surface area contributed by atoms with Gasteiger partial charge in [0.15, 0.2) is 0 Å². The summed E-state index contributed by atoms with van der Waals surface area (Å²) < 4.78 is 5.68. The molecule has 2 saturated carbocycles. The van der Waals surface area contributed by atoms with Crippen molar-refractivity contribution < 1.29 is 24.2 Å². The molecule has 7 nitrogen and oxygen atoms in total. The molecule has 184 valence electrons. The molecular weight excluding hydrogens is 444 g/mol. The quantitative estimate of drug-likeness (QED) is 0.496. The van der Waals surface area contributed by atoms with Gasteiger partial charge in [-0.1, -0.05) is 61.4 Å².